The monoisotopic (exact) mass is 213 g/mol. The lowest BCUT2D eigenvalue weighted by Gasteiger charge is -2.06. The summed E-state index contributed by atoms with van der Waals surface area (Å²) in [4.78, 5) is 0. The molecule has 0 aliphatic carbocycles. The van der Waals surface area contributed by atoms with Crippen LogP contribution >= 0.6 is 0 Å². The second kappa shape index (κ2) is 5.21. The molecule has 0 heterocycles. The van der Waals surface area contributed by atoms with E-state index in [-0.39, 0.29) is 5.75 Å². The summed E-state index contributed by atoms with van der Waals surface area (Å²) >= 11 is 0. The van der Waals surface area contributed by atoms with Gasteiger partial charge < -0.3 is 4.74 Å². The highest BCUT2D eigenvalue weighted by Gasteiger charge is 2.01. The van der Waals surface area contributed by atoms with E-state index in [2.05, 4.69) is 0 Å². The summed E-state index contributed by atoms with van der Waals surface area (Å²) in [6.45, 7) is 0.531. The van der Waals surface area contributed by atoms with E-state index in [0.717, 1.165) is 6.42 Å². The third-order valence-corrected chi connectivity index (χ3v) is 2.34. The Labute approximate surface area is 95.1 Å². The molecular weight excluding hydrogens is 200 g/mol. The fourth-order valence-electron chi connectivity index (χ4n) is 1.49. The first kappa shape index (κ1) is 10.6. The van der Waals surface area contributed by atoms with Crippen molar-refractivity contribution in [1.82, 2.24) is 0 Å². The predicted octanol–water partition coefficient (Wildman–Crippen LogP) is 3.45. The van der Waals surface area contributed by atoms with Crippen LogP contribution in [0, 0.1) is 0 Å². The first-order chi connectivity index (χ1) is 7.86. The summed E-state index contributed by atoms with van der Waals surface area (Å²) in [7, 11) is 0. The summed E-state index contributed by atoms with van der Waals surface area (Å²) in [5.41, 5.74) is 1.21. The molecule has 0 fully saturated rings. The maximum Gasteiger partial charge on any atom is 0.220 e. The number of rotatable bonds is 4. The summed E-state index contributed by atoms with van der Waals surface area (Å²) in [6, 6.07) is 16.8. The van der Waals surface area contributed by atoms with Crippen LogP contribution in [0.15, 0.2) is 54.6 Å². The topological polar surface area (TPSA) is 29.1 Å². The molecule has 0 aliphatic rings. The van der Waals surface area contributed by atoms with Crippen LogP contribution < -0.4 is 4.74 Å². The first-order valence-electron chi connectivity index (χ1n) is 5.29. The molecule has 2 nitrogen and oxygen atoms in total. The molecule has 0 saturated carbocycles. The highest BCUT2D eigenvalue weighted by Crippen LogP contribution is 2.25. The zero-order valence-corrected chi connectivity index (χ0v) is 8.93. The van der Waals surface area contributed by atoms with Crippen LogP contribution in [-0.4, -0.2) is 6.61 Å². The van der Waals surface area contributed by atoms with Crippen LogP contribution in [0.1, 0.15) is 5.56 Å². The van der Waals surface area contributed by atoms with Crippen molar-refractivity contribution in [3.63, 3.8) is 0 Å². The van der Waals surface area contributed by atoms with Crippen LogP contribution in [0.25, 0.3) is 0 Å². The molecule has 2 aromatic rings. The van der Waals surface area contributed by atoms with E-state index in [4.69, 9.17) is 4.74 Å². The average molecular weight is 213 g/mol. The number of hydrogen-bond donors (Lipinski definition) is 0. The van der Waals surface area contributed by atoms with Crippen molar-refractivity contribution in [1.29, 1.82) is 0 Å². The van der Waals surface area contributed by atoms with Gasteiger partial charge in [-0.25, -0.2) is 0 Å². The van der Waals surface area contributed by atoms with Gasteiger partial charge in [0.05, 0.1) is 6.61 Å². The van der Waals surface area contributed by atoms with Crippen LogP contribution in [0.5, 0.6) is 11.5 Å². The molecule has 0 aliphatic heterocycles. The van der Waals surface area contributed by atoms with Gasteiger partial charge in [-0.15, -0.1) is 0 Å². The van der Waals surface area contributed by atoms with Gasteiger partial charge in [-0.1, -0.05) is 42.5 Å². The first-order valence-corrected chi connectivity index (χ1v) is 5.29. The second-order valence-corrected chi connectivity index (χ2v) is 3.53. The lowest BCUT2D eigenvalue weighted by molar-refractivity contribution is 0.278. The Kier molecular flexibility index (Phi) is 3.44. The molecule has 0 atom stereocenters. The van der Waals surface area contributed by atoms with E-state index in [1.165, 1.54) is 11.6 Å². The smallest absolute Gasteiger partial charge is 0.220 e. The number of ether oxygens (including phenoxy) is 1. The van der Waals surface area contributed by atoms with E-state index in [9.17, 15) is 5.11 Å². The average Bonchev–Trinajstić information content (AvgIpc) is 2.33. The van der Waals surface area contributed by atoms with Gasteiger partial charge >= 0.3 is 0 Å². The number of para-hydroxylation sites is 2. The number of hydrogen-bond acceptors (Lipinski definition) is 1. The van der Waals surface area contributed by atoms with Gasteiger partial charge in [0.2, 0.25) is 5.75 Å². The highest BCUT2D eigenvalue weighted by atomic mass is 16.5. The Morgan fingerprint density at radius 2 is 1.56 bits per heavy atom. The van der Waals surface area contributed by atoms with Gasteiger partial charge in [0.25, 0.3) is 0 Å². The van der Waals surface area contributed by atoms with Crippen LogP contribution in [-0.2, 0) is 11.5 Å². The minimum atomic E-state index is -0.0597. The summed E-state index contributed by atoms with van der Waals surface area (Å²) in [5, 5.41) is 11.3. The Morgan fingerprint density at radius 1 is 0.875 bits per heavy atom. The van der Waals surface area contributed by atoms with Gasteiger partial charge in [0.1, 0.15) is 0 Å². The van der Waals surface area contributed by atoms with Crippen molar-refractivity contribution in [2.24, 2.45) is 0 Å². The molecule has 0 aromatic heterocycles. The highest BCUT2D eigenvalue weighted by molar-refractivity contribution is 5.37. The molecule has 2 aromatic carbocycles. The Balaban J connectivity index is 1.87. The number of benzene rings is 2. The van der Waals surface area contributed by atoms with E-state index in [1.54, 1.807) is 18.2 Å². The van der Waals surface area contributed by atoms with Crippen LogP contribution in [0.3, 0.4) is 0 Å². The van der Waals surface area contributed by atoms with E-state index < -0.39 is 0 Å². The fourth-order valence-corrected chi connectivity index (χ4v) is 1.49. The van der Waals surface area contributed by atoms with Gasteiger partial charge in [-0.3, -0.25) is 5.11 Å². The van der Waals surface area contributed by atoms with Crippen molar-refractivity contribution in [3.8, 4) is 11.5 Å². The van der Waals surface area contributed by atoms with Crippen molar-refractivity contribution >= 4 is 0 Å². The Morgan fingerprint density at radius 3 is 2.31 bits per heavy atom. The molecule has 0 N–H and O–H groups in total. The van der Waals surface area contributed by atoms with Crippen LogP contribution in [0.2, 0.25) is 0 Å². The van der Waals surface area contributed by atoms with Crippen molar-refractivity contribution in [2.45, 2.75) is 6.42 Å². The maximum absolute atomic E-state index is 11.3. The molecule has 0 unspecified atom stereocenters. The Hall–Kier alpha value is -1.96. The minimum absolute atomic E-state index is 0.0597. The molecule has 2 rings (SSSR count). The summed E-state index contributed by atoms with van der Waals surface area (Å²) in [6.07, 6.45) is 0.815. The molecule has 0 spiro atoms. The third-order valence-electron chi connectivity index (χ3n) is 2.34. The molecule has 0 amide bonds. The molecule has 0 bridgehead atoms. The largest absolute Gasteiger partial charge is 0.489 e. The van der Waals surface area contributed by atoms with Crippen molar-refractivity contribution in [3.05, 3.63) is 60.2 Å². The summed E-state index contributed by atoms with van der Waals surface area (Å²) in [5.74, 6) is 0.369. The van der Waals surface area contributed by atoms with Gasteiger partial charge in [0, 0.05) is 6.42 Å². The van der Waals surface area contributed by atoms with E-state index >= 15 is 0 Å². The maximum atomic E-state index is 11.3. The second-order valence-electron chi connectivity index (χ2n) is 3.53. The molecule has 1 radical (unpaired) electrons. The lowest BCUT2D eigenvalue weighted by atomic mass is 10.2. The van der Waals surface area contributed by atoms with Gasteiger partial charge in [-0.05, 0) is 17.7 Å². The Bertz CT molecular complexity index is 437. The standard InChI is InChI=1S/C14H13O2/c15-13-8-4-5-9-14(13)16-11-10-12-6-2-1-3-7-12/h1-9H,10-11H2. The predicted molar refractivity (Wildman–Crippen MR) is 62.2 cm³/mol. The van der Waals surface area contributed by atoms with Crippen LogP contribution in [0.4, 0.5) is 0 Å². The zero-order chi connectivity index (χ0) is 11.2. The molecule has 16 heavy (non-hydrogen) atoms. The van der Waals surface area contributed by atoms with Gasteiger partial charge in [-0.2, -0.15) is 0 Å². The molecular formula is C14H13O2. The summed E-state index contributed by atoms with van der Waals surface area (Å²) < 4.78 is 5.43. The van der Waals surface area contributed by atoms with Crippen molar-refractivity contribution < 1.29 is 9.84 Å². The lowest BCUT2D eigenvalue weighted by Crippen LogP contribution is -2.00. The molecule has 2 heteroatoms. The zero-order valence-electron chi connectivity index (χ0n) is 8.93. The van der Waals surface area contributed by atoms with Gasteiger partial charge in [0.15, 0.2) is 5.75 Å². The molecule has 81 valence electrons. The SMILES string of the molecule is [O]c1ccccc1OCCc1ccccc1. The third kappa shape index (κ3) is 2.76. The van der Waals surface area contributed by atoms with E-state index in [0.29, 0.717) is 12.4 Å². The quantitative estimate of drug-likeness (QED) is 0.764. The minimum Gasteiger partial charge on any atom is -0.489 e. The van der Waals surface area contributed by atoms with E-state index in [1.807, 2.05) is 30.3 Å². The van der Waals surface area contributed by atoms with Crippen molar-refractivity contribution in [2.75, 3.05) is 6.61 Å². The molecule has 0 saturated heterocycles. The fraction of sp³-hybridized carbons (Fsp3) is 0.143. The normalized spacial score (nSPS) is 10.0.